The van der Waals surface area contributed by atoms with Crippen molar-refractivity contribution in [1.82, 2.24) is 0 Å². The van der Waals surface area contributed by atoms with Gasteiger partial charge in [0.05, 0.1) is 0 Å². The van der Waals surface area contributed by atoms with Gasteiger partial charge in [0.2, 0.25) is 0 Å². The average molecular weight is 673 g/mol. The molecule has 0 spiro atoms. The van der Waals surface area contributed by atoms with Crippen molar-refractivity contribution in [3.05, 3.63) is 64.7 Å². The van der Waals surface area contributed by atoms with Gasteiger partial charge in [-0.05, 0) is 131 Å². The van der Waals surface area contributed by atoms with Gasteiger partial charge in [-0.25, -0.2) is 0 Å². The van der Waals surface area contributed by atoms with Gasteiger partial charge in [-0.3, -0.25) is 0 Å². The molecule has 0 amide bonds. The fraction of sp³-hybridized carbons (Fsp3) is 0.676. The van der Waals surface area contributed by atoms with Crippen LogP contribution in [0.4, 0.5) is 0 Å². The third-order valence-corrected chi connectivity index (χ3v) is 24.4. The van der Waals surface area contributed by atoms with Crippen LogP contribution in [0.2, 0.25) is 76.6 Å². The molecule has 2 rings (SSSR count). The molecule has 2 aromatic rings. The Bertz CT molecular complexity index is 1160. The number of phenols is 1. The van der Waals surface area contributed by atoms with Crippen molar-refractivity contribution in [2.24, 2.45) is 0 Å². The van der Waals surface area contributed by atoms with Crippen LogP contribution in [0.25, 0.3) is 0 Å². The topological polar surface area (TPSA) is 38.7 Å². The van der Waals surface area contributed by atoms with Gasteiger partial charge in [-0.15, -0.1) is 0 Å². The Labute approximate surface area is 277 Å². The lowest BCUT2D eigenvalue weighted by atomic mass is 9.77. The molecule has 1 N–H and O–H groups in total. The second-order valence-corrected chi connectivity index (χ2v) is 34.0. The van der Waals surface area contributed by atoms with E-state index in [1.54, 1.807) is 0 Å². The Morgan fingerprint density at radius 3 is 1.55 bits per heavy atom. The van der Waals surface area contributed by atoms with Crippen LogP contribution in [0.15, 0.2) is 42.5 Å². The summed E-state index contributed by atoms with van der Waals surface area (Å²) < 4.78 is 13.7. The van der Waals surface area contributed by atoms with Crippen LogP contribution in [-0.4, -0.2) is 38.4 Å². The number of hydrogen-bond acceptors (Lipinski definition) is 3. The highest BCUT2D eigenvalue weighted by Crippen LogP contribution is 2.35. The van der Waals surface area contributed by atoms with Gasteiger partial charge in [-0.1, -0.05) is 89.8 Å². The normalized spacial score (nSPS) is 13.5. The summed E-state index contributed by atoms with van der Waals surface area (Å²) in [5.41, 5.74) is 4.95. The molecule has 3 nitrogen and oxygen atoms in total. The van der Waals surface area contributed by atoms with Crippen molar-refractivity contribution in [1.29, 1.82) is 0 Å². The number of phenolic OH excluding ortho intramolecular Hbond substituents is 1. The SMILES string of the molecule is CCCC[Si](C)(C)O[Si](C)(C)CCCc1cccc(C(C)(C)c2ccc(O)c(CCC[Si](C)(C)O[Si](C)(C)CCCC)c2)c1. The first kappa shape index (κ1) is 39.2. The lowest BCUT2D eigenvalue weighted by molar-refractivity contribution is 0.465. The van der Waals surface area contributed by atoms with Crippen molar-refractivity contribution < 1.29 is 13.3 Å². The number of rotatable bonds is 20. The molecule has 0 heterocycles. The van der Waals surface area contributed by atoms with Gasteiger partial charge in [0.15, 0.2) is 33.3 Å². The standard InChI is InChI=1S/C37H68O3Si4/c1-13-15-26-41(5,6)39-43(9,10)28-18-21-32-20-17-23-34(30-32)37(3,4)35-24-25-36(38)33(31-35)22-19-29-44(11,12)40-42(7,8)27-16-14-2/h17,20,23-25,30-31,38H,13-16,18-19,21-22,26-29H2,1-12H3. The van der Waals surface area contributed by atoms with Crippen molar-refractivity contribution in [3.63, 3.8) is 0 Å². The van der Waals surface area contributed by atoms with E-state index in [-0.39, 0.29) is 5.41 Å². The number of aryl methyl sites for hydroxylation is 2. The van der Waals surface area contributed by atoms with Gasteiger partial charge in [0.1, 0.15) is 5.75 Å². The molecule has 0 aromatic heterocycles. The maximum Gasteiger partial charge on any atom is 0.173 e. The summed E-state index contributed by atoms with van der Waals surface area (Å²) in [5.74, 6) is 0.422. The van der Waals surface area contributed by atoms with E-state index >= 15 is 0 Å². The lowest BCUT2D eigenvalue weighted by Crippen LogP contribution is -2.44. The first-order valence-corrected chi connectivity index (χ1v) is 30.1. The molecule has 0 aliphatic heterocycles. The monoisotopic (exact) mass is 672 g/mol. The molecule has 44 heavy (non-hydrogen) atoms. The summed E-state index contributed by atoms with van der Waals surface area (Å²) in [4.78, 5) is 0. The Morgan fingerprint density at radius 1 is 0.591 bits per heavy atom. The highest BCUT2D eigenvalue weighted by Gasteiger charge is 2.33. The molecule has 250 valence electrons. The van der Waals surface area contributed by atoms with E-state index in [1.807, 2.05) is 6.07 Å². The minimum absolute atomic E-state index is 0.142. The minimum atomic E-state index is -1.73. The predicted octanol–water partition coefficient (Wildman–Crippen LogP) is 12.0. The van der Waals surface area contributed by atoms with Crippen LogP contribution in [0, 0.1) is 0 Å². The summed E-state index contributed by atoms with van der Waals surface area (Å²) >= 11 is 0. The second kappa shape index (κ2) is 16.7. The molecular weight excluding hydrogens is 605 g/mol. The van der Waals surface area contributed by atoms with Gasteiger partial charge >= 0.3 is 0 Å². The van der Waals surface area contributed by atoms with Crippen LogP contribution in [0.5, 0.6) is 5.75 Å². The Kier molecular flexibility index (Phi) is 14.9. The third-order valence-electron chi connectivity index (χ3n) is 9.29. The van der Waals surface area contributed by atoms with Gasteiger partial charge in [-0.2, -0.15) is 0 Å². The van der Waals surface area contributed by atoms with Gasteiger partial charge in [0, 0.05) is 5.41 Å². The molecule has 0 unspecified atom stereocenters. The molecule has 0 fully saturated rings. The van der Waals surface area contributed by atoms with Crippen LogP contribution in [0.3, 0.4) is 0 Å². The summed E-state index contributed by atoms with van der Waals surface area (Å²) in [5, 5.41) is 10.8. The molecule has 0 saturated heterocycles. The van der Waals surface area contributed by atoms with E-state index in [2.05, 4.69) is 116 Å². The van der Waals surface area contributed by atoms with E-state index in [4.69, 9.17) is 8.23 Å². The summed E-state index contributed by atoms with van der Waals surface area (Å²) in [6, 6.07) is 20.4. The fourth-order valence-electron chi connectivity index (χ4n) is 6.78. The zero-order valence-electron chi connectivity index (χ0n) is 30.8. The third kappa shape index (κ3) is 13.4. The zero-order valence-corrected chi connectivity index (χ0v) is 34.8. The van der Waals surface area contributed by atoms with E-state index in [0.29, 0.717) is 5.75 Å². The van der Waals surface area contributed by atoms with Gasteiger partial charge < -0.3 is 13.3 Å². The van der Waals surface area contributed by atoms with Crippen molar-refractivity contribution in [2.75, 3.05) is 0 Å². The maximum absolute atomic E-state index is 10.8. The largest absolute Gasteiger partial charge is 0.508 e. The Balaban J connectivity index is 2.05. The molecular formula is C37H68O3Si4. The van der Waals surface area contributed by atoms with Crippen molar-refractivity contribution >= 4 is 33.3 Å². The summed E-state index contributed by atoms with van der Waals surface area (Å²) in [6.45, 7) is 28.4. The molecule has 7 heteroatoms. The Hall–Kier alpha value is -0.972. The van der Waals surface area contributed by atoms with Crippen LogP contribution >= 0.6 is 0 Å². The predicted molar refractivity (Wildman–Crippen MR) is 204 cm³/mol. The van der Waals surface area contributed by atoms with Crippen molar-refractivity contribution in [3.8, 4) is 5.75 Å². The number of benzene rings is 2. The number of hydrogen-bond donors (Lipinski definition) is 1. The smallest absolute Gasteiger partial charge is 0.173 e. The molecule has 0 atom stereocenters. The molecule has 0 aliphatic rings. The highest BCUT2D eigenvalue weighted by molar-refractivity contribution is 6.85. The first-order valence-electron chi connectivity index (χ1n) is 17.6. The second-order valence-electron chi connectivity index (χ2n) is 16.3. The molecule has 0 saturated carbocycles. The van der Waals surface area contributed by atoms with E-state index < -0.39 is 33.3 Å². The number of aromatic hydroxyl groups is 1. The average Bonchev–Trinajstić information content (AvgIpc) is 2.90. The molecule has 0 bridgehead atoms. The van der Waals surface area contributed by atoms with Crippen LogP contribution in [-0.2, 0) is 26.5 Å². The van der Waals surface area contributed by atoms with E-state index in [9.17, 15) is 5.11 Å². The fourth-order valence-corrected chi connectivity index (χ4v) is 24.9. The van der Waals surface area contributed by atoms with Gasteiger partial charge in [0.25, 0.3) is 0 Å². The number of unbranched alkanes of at least 4 members (excludes halogenated alkanes) is 2. The molecule has 2 aromatic carbocycles. The summed E-state index contributed by atoms with van der Waals surface area (Å²) in [7, 11) is -6.56. The minimum Gasteiger partial charge on any atom is -0.508 e. The Morgan fingerprint density at radius 2 is 1.05 bits per heavy atom. The molecule has 0 aliphatic carbocycles. The van der Waals surface area contributed by atoms with Crippen LogP contribution < -0.4 is 0 Å². The maximum atomic E-state index is 10.8. The zero-order chi connectivity index (χ0) is 33.2. The first-order chi connectivity index (χ1) is 20.3. The quantitative estimate of drug-likeness (QED) is 0.142. The van der Waals surface area contributed by atoms with E-state index in [0.717, 1.165) is 30.9 Å². The van der Waals surface area contributed by atoms with Crippen molar-refractivity contribution in [2.45, 2.75) is 161 Å². The highest BCUT2D eigenvalue weighted by atomic mass is 28.4. The van der Waals surface area contributed by atoms with E-state index in [1.165, 1.54) is 66.9 Å². The lowest BCUT2D eigenvalue weighted by Gasteiger charge is -2.34. The summed E-state index contributed by atoms with van der Waals surface area (Å²) in [6.07, 6.45) is 9.31. The van der Waals surface area contributed by atoms with Crippen LogP contribution in [0.1, 0.15) is 88.5 Å². The molecule has 0 radical (unpaired) electrons.